The third-order valence-electron chi connectivity index (χ3n) is 5.84. The minimum atomic E-state index is -0.107. The Morgan fingerprint density at radius 2 is 2.16 bits per heavy atom. The number of nitrogens with one attached hydrogen (secondary N) is 1. The van der Waals surface area contributed by atoms with Gasteiger partial charge in [0.1, 0.15) is 5.69 Å². The molecule has 0 bridgehead atoms. The summed E-state index contributed by atoms with van der Waals surface area (Å²) < 4.78 is 0. The lowest BCUT2D eigenvalue weighted by atomic mass is 9.92. The zero-order valence-corrected chi connectivity index (χ0v) is 15.6. The van der Waals surface area contributed by atoms with Crippen molar-refractivity contribution < 1.29 is 4.84 Å². The number of hydrogen-bond acceptors (Lipinski definition) is 6. The standard InChI is InChI=1S/C19H29N5O/c1-4-9-19-11-21-17-16(22-15-7-5-6-8-15)14(2)10-20-18(17)24(19)13-23(12-19)25-3/h10-11,15H,4-9,12-13H2,1-3H3,(H,20,22). The number of fused-ring (bicyclic) bond motifs is 3. The van der Waals surface area contributed by atoms with Crippen molar-refractivity contribution in [3.05, 3.63) is 11.8 Å². The van der Waals surface area contributed by atoms with Gasteiger partial charge < -0.3 is 15.1 Å². The molecule has 1 N–H and O–H groups in total. The summed E-state index contributed by atoms with van der Waals surface area (Å²) in [6.45, 7) is 5.91. The fourth-order valence-electron chi connectivity index (χ4n) is 4.50. The van der Waals surface area contributed by atoms with Gasteiger partial charge >= 0.3 is 0 Å². The summed E-state index contributed by atoms with van der Waals surface area (Å²) in [6.07, 6.45) is 11.4. The van der Waals surface area contributed by atoms with E-state index in [0.717, 1.165) is 43.2 Å². The molecule has 136 valence electrons. The van der Waals surface area contributed by atoms with E-state index in [4.69, 9.17) is 14.8 Å². The van der Waals surface area contributed by atoms with E-state index in [1.807, 2.05) is 11.3 Å². The highest BCUT2D eigenvalue weighted by atomic mass is 16.7. The van der Waals surface area contributed by atoms with Gasteiger partial charge in [0.15, 0.2) is 5.82 Å². The molecule has 0 aromatic carbocycles. The van der Waals surface area contributed by atoms with Gasteiger partial charge in [-0.2, -0.15) is 5.06 Å². The molecule has 3 aliphatic rings. The van der Waals surface area contributed by atoms with Crippen LogP contribution in [0.25, 0.3) is 0 Å². The number of anilines is 2. The first-order valence-corrected chi connectivity index (χ1v) is 9.55. The fourth-order valence-corrected chi connectivity index (χ4v) is 4.50. The van der Waals surface area contributed by atoms with Gasteiger partial charge in [-0.15, -0.1) is 0 Å². The van der Waals surface area contributed by atoms with Gasteiger partial charge in [-0.25, -0.2) is 4.98 Å². The second-order valence-corrected chi connectivity index (χ2v) is 7.62. The Kier molecular flexibility index (Phi) is 4.41. The molecular weight excluding hydrogens is 314 g/mol. The number of rotatable bonds is 5. The minimum Gasteiger partial charge on any atom is -0.380 e. The third-order valence-corrected chi connectivity index (χ3v) is 5.84. The zero-order chi connectivity index (χ0) is 17.4. The molecule has 0 radical (unpaired) electrons. The molecule has 0 spiro atoms. The maximum atomic E-state index is 5.54. The van der Waals surface area contributed by atoms with Crippen molar-refractivity contribution >= 4 is 23.4 Å². The summed E-state index contributed by atoms with van der Waals surface area (Å²) in [5.74, 6) is 0.988. The first-order valence-electron chi connectivity index (χ1n) is 9.55. The SMILES string of the molecule is CCCC12C=Nc3c(ncc(C)c3NC3CCCC3)N1CN(OC)C2. The highest BCUT2D eigenvalue weighted by molar-refractivity contribution is 5.93. The predicted molar refractivity (Wildman–Crippen MR) is 102 cm³/mol. The van der Waals surface area contributed by atoms with Crippen molar-refractivity contribution in [2.45, 2.75) is 64.0 Å². The molecule has 1 unspecified atom stereocenters. The molecule has 6 heteroatoms. The largest absolute Gasteiger partial charge is 0.380 e. The average Bonchev–Trinajstić information content (AvgIpc) is 3.24. The van der Waals surface area contributed by atoms with E-state index in [0.29, 0.717) is 6.04 Å². The summed E-state index contributed by atoms with van der Waals surface area (Å²) in [5, 5.41) is 5.76. The number of pyridine rings is 1. The van der Waals surface area contributed by atoms with Gasteiger partial charge in [0.05, 0.1) is 31.5 Å². The maximum Gasteiger partial charge on any atom is 0.158 e. The smallest absolute Gasteiger partial charge is 0.158 e. The normalized spacial score (nSPS) is 26.1. The van der Waals surface area contributed by atoms with Crippen LogP contribution in [0.1, 0.15) is 51.0 Å². The summed E-state index contributed by atoms with van der Waals surface area (Å²) in [6, 6.07) is 0.566. The number of aromatic nitrogens is 1. The summed E-state index contributed by atoms with van der Waals surface area (Å²) in [7, 11) is 1.74. The van der Waals surface area contributed by atoms with Crippen molar-refractivity contribution in [3.8, 4) is 0 Å². The topological polar surface area (TPSA) is 53.0 Å². The van der Waals surface area contributed by atoms with Crippen molar-refractivity contribution in [2.75, 3.05) is 30.5 Å². The number of aryl methyl sites for hydroxylation is 1. The molecule has 0 amide bonds. The Bertz CT molecular complexity index is 670. The Labute approximate surface area is 150 Å². The summed E-state index contributed by atoms with van der Waals surface area (Å²) in [4.78, 5) is 17.6. The van der Waals surface area contributed by atoms with E-state index in [1.54, 1.807) is 7.11 Å². The average molecular weight is 343 g/mol. The van der Waals surface area contributed by atoms with Gasteiger partial charge in [-0.3, -0.25) is 4.99 Å². The second kappa shape index (κ2) is 6.57. The van der Waals surface area contributed by atoms with Crippen LogP contribution in [0.15, 0.2) is 11.2 Å². The van der Waals surface area contributed by atoms with Crippen molar-refractivity contribution in [1.29, 1.82) is 0 Å². The second-order valence-electron chi connectivity index (χ2n) is 7.62. The Balaban J connectivity index is 1.73. The Hall–Kier alpha value is -1.66. The molecule has 1 aromatic heterocycles. The van der Waals surface area contributed by atoms with E-state index in [1.165, 1.54) is 31.2 Å². The van der Waals surface area contributed by atoms with Crippen LogP contribution in [-0.2, 0) is 4.84 Å². The van der Waals surface area contributed by atoms with Crippen LogP contribution >= 0.6 is 0 Å². The number of hydrogen-bond donors (Lipinski definition) is 1. The first-order chi connectivity index (χ1) is 12.2. The van der Waals surface area contributed by atoms with E-state index >= 15 is 0 Å². The van der Waals surface area contributed by atoms with E-state index in [2.05, 4.69) is 30.3 Å². The lowest BCUT2D eigenvalue weighted by Crippen LogP contribution is -2.49. The van der Waals surface area contributed by atoms with Gasteiger partial charge in [0.25, 0.3) is 0 Å². The van der Waals surface area contributed by atoms with Crippen LogP contribution in [0.5, 0.6) is 0 Å². The first kappa shape index (κ1) is 16.8. The number of hydroxylamine groups is 2. The van der Waals surface area contributed by atoms with Crippen LogP contribution in [0.3, 0.4) is 0 Å². The van der Waals surface area contributed by atoms with Gasteiger partial charge in [-0.05, 0) is 31.7 Å². The highest BCUT2D eigenvalue weighted by Crippen LogP contribution is 2.46. The van der Waals surface area contributed by atoms with E-state index in [9.17, 15) is 0 Å². The quantitative estimate of drug-likeness (QED) is 0.884. The number of aliphatic imine (C=N–C) groups is 1. The molecule has 1 atom stereocenters. The van der Waals surface area contributed by atoms with Crippen LogP contribution in [0, 0.1) is 6.92 Å². The molecule has 6 nitrogen and oxygen atoms in total. The van der Waals surface area contributed by atoms with Crippen molar-refractivity contribution in [1.82, 2.24) is 10.0 Å². The monoisotopic (exact) mass is 343 g/mol. The fraction of sp³-hybridized carbons (Fsp3) is 0.684. The van der Waals surface area contributed by atoms with Gasteiger partial charge in [0.2, 0.25) is 0 Å². The highest BCUT2D eigenvalue weighted by Gasteiger charge is 2.47. The molecule has 1 saturated carbocycles. The maximum absolute atomic E-state index is 5.54. The third kappa shape index (κ3) is 2.81. The summed E-state index contributed by atoms with van der Waals surface area (Å²) in [5.41, 5.74) is 3.23. The number of nitrogens with zero attached hydrogens (tertiary/aromatic N) is 4. The Morgan fingerprint density at radius 3 is 2.88 bits per heavy atom. The van der Waals surface area contributed by atoms with Crippen LogP contribution < -0.4 is 10.2 Å². The molecule has 2 aliphatic heterocycles. The molecule has 25 heavy (non-hydrogen) atoms. The van der Waals surface area contributed by atoms with Gasteiger partial charge in [0, 0.05) is 18.5 Å². The van der Waals surface area contributed by atoms with Crippen molar-refractivity contribution in [2.24, 2.45) is 4.99 Å². The van der Waals surface area contributed by atoms with Crippen LogP contribution in [0.2, 0.25) is 0 Å². The van der Waals surface area contributed by atoms with Crippen LogP contribution in [0.4, 0.5) is 17.2 Å². The Morgan fingerprint density at radius 1 is 1.36 bits per heavy atom. The molecule has 1 aromatic rings. The molecule has 4 rings (SSSR count). The zero-order valence-electron chi connectivity index (χ0n) is 15.6. The molecular formula is C19H29N5O. The molecule has 1 aliphatic carbocycles. The van der Waals surface area contributed by atoms with Crippen molar-refractivity contribution in [3.63, 3.8) is 0 Å². The molecule has 1 saturated heterocycles. The lowest BCUT2D eigenvalue weighted by Gasteiger charge is -2.38. The molecule has 2 fully saturated rings. The molecule has 3 heterocycles. The lowest BCUT2D eigenvalue weighted by molar-refractivity contribution is -0.114. The van der Waals surface area contributed by atoms with E-state index in [-0.39, 0.29) is 5.54 Å². The summed E-state index contributed by atoms with van der Waals surface area (Å²) >= 11 is 0. The minimum absolute atomic E-state index is 0.107. The van der Waals surface area contributed by atoms with Crippen LogP contribution in [-0.4, -0.2) is 48.2 Å². The predicted octanol–water partition coefficient (Wildman–Crippen LogP) is 3.64. The van der Waals surface area contributed by atoms with Gasteiger partial charge in [-0.1, -0.05) is 26.2 Å². The van der Waals surface area contributed by atoms with E-state index < -0.39 is 0 Å².